The molecule has 0 fully saturated rings. The third-order valence-corrected chi connectivity index (χ3v) is 2.83. The van der Waals surface area contributed by atoms with Gasteiger partial charge in [0.1, 0.15) is 17.6 Å². The standard InChI is InChI=1S/C14H11N7/c15-8-11-2-1-5-17-14(11)18-9-12-10-21(20-19-12)13-3-6-16-7-4-13/h1-7,10H,9H2,(H,17,18). The molecule has 7 heteroatoms. The maximum absolute atomic E-state index is 9.00. The Morgan fingerprint density at radius 2 is 2.05 bits per heavy atom. The smallest absolute Gasteiger partial charge is 0.144 e. The van der Waals surface area contributed by atoms with E-state index in [4.69, 9.17) is 5.26 Å². The zero-order chi connectivity index (χ0) is 14.5. The molecular weight excluding hydrogens is 266 g/mol. The fourth-order valence-electron chi connectivity index (χ4n) is 1.81. The summed E-state index contributed by atoms with van der Waals surface area (Å²) in [5, 5.41) is 20.2. The van der Waals surface area contributed by atoms with Crippen molar-refractivity contribution in [2.45, 2.75) is 6.54 Å². The molecule has 0 radical (unpaired) electrons. The Bertz CT molecular complexity index is 773. The van der Waals surface area contributed by atoms with Crippen molar-refractivity contribution in [1.29, 1.82) is 5.26 Å². The van der Waals surface area contributed by atoms with Crippen LogP contribution in [0.5, 0.6) is 0 Å². The van der Waals surface area contributed by atoms with Gasteiger partial charge >= 0.3 is 0 Å². The van der Waals surface area contributed by atoms with Crippen LogP contribution in [0, 0.1) is 11.3 Å². The summed E-state index contributed by atoms with van der Waals surface area (Å²) in [6.07, 6.45) is 6.85. The SMILES string of the molecule is N#Cc1cccnc1NCc1cn(-c2ccncc2)nn1. The summed E-state index contributed by atoms with van der Waals surface area (Å²) < 4.78 is 1.67. The van der Waals surface area contributed by atoms with E-state index in [1.807, 2.05) is 18.3 Å². The number of nitrogens with one attached hydrogen (secondary N) is 1. The third kappa shape index (κ3) is 2.84. The number of nitrogens with zero attached hydrogens (tertiary/aromatic N) is 6. The molecule has 0 aromatic carbocycles. The van der Waals surface area contributed by atoms with Crippen molar-refractivity contribution < 1.29 is 0 Å². The average molecular weight is 277 g/mol. The summed E-state index contributed by atoms with van der Waals surface area (Å²) in [5.74, 6) is 0.540. The first kappa shape index (κ1) is 12.7. The molecule has 0 bridgehead atoms. The maximum Gasteiger partial charge on any atom is 0.144 e. The highest BCUT2D eigenvalue weighted by molar-refractivity contribution is 5.51. The number of aromatic nitrogens is 5. The molecule has 0 saturated heterocycles. The van der Waals surface area contributed by atoms with Gasteiger partial charge in [-0.25, -0.2) is 9.67 Å². The van der Waals surface area contributed by atoms with Crippen molar-refractivity contribution in [1.82, 2.24) is 25.0 Å². The van der Waals surface area contributed by atoms with Crippen molar-refractivity contribution >= 4 is 5.82 Å². The normalized spacial score (nSPS) is 10.0. The summed E-state index contributed by atoms with van der Waals surface area (Å²) in [7, 11) is 0. The van der Waals surface area contributed by atoms with Gasteiger partial charge in [-0.1, -0.05) is 5.21 Å². The Morgan fingerprint density at radius 1 is 1.19 bits per heavy atom. The van der Waals surface area contributed by atoms with Gasteiger partial charge in [-0.15, -0.1) is 5.10 Å². The van der Waals surface area contributed by atoms with E-state index in [1.54, 1.807) is 35.4 Å². The minimum Gasteiger partial charge on any atom is -0.363 e. The number of hydrogen-bond donors (Lipinski definition) is 1. The molecule has 3 aromatic heterocycles. The molecular formula is C14H11N7. The Kier molecular flexibility index (Phi) is 3.52. The zero-order valence-corrected chi connectivity index (χ0v) is 11.0. The topological polar surface area (TPSA) is 92.3 Å². The summed E-state index contributed by atoms with van der Waals surface area (Å²) >= 11 is 0. The summed E-state index contributed by atoms with van der Waals surface area (Å²) in [6, 6.07) is 9.22. The van der Waals surface area contributed by atoms with Gasteiger partial charge in [-0.05, 0) is 24.3 Å². The molecule has 7 nitrogen and oxygen atoms in total. The Hall–Kier alpha value is -3.27. The minimum absolute atomic E-state index is 0.441. The monoisotopic (exact) mass is 277 g/mol. The Balaban J connectivity index is 1.72. The highest BCUT2D eigenvalue weighted by Gasteiger charge is 2.05. The number of hydrogen-bond acceptors (Lipinski definition) is 6. The van der Waals surface area contributed by atoms with Crippen molar-refractivity contribution in [2.75, 3.05) is 5.32 Å². The predicted molar refractivity (Wildman–Crippen MR) is 75.4 cm³/mol. The highest BCUT2D eigenvalue weighted by Crippen LogP contribution is 2.11. The molecule has 0 amide bonds. The Labute approximate surface area is 120 Å². The van der Waals surface area contributed by atoms with E-state index in [0.717, 1.165) is 11.4 Å². The van der Waals surface area contributed by atoms with E-state index in [-0.39, 0.29) is 0 Å². The van der Waals surface area contributed by atoms with Gasteiger partial charge in [0.15, 0.2) is 0 Å². The van der Waals surface area contributed by atoms with E-state index in [1.165, 1.54) is 0 Å². The van der Waals surface area contributed by atoms with Gasteiger partial charge in [-0.3, -0.25) is 4.98 Å². The quantitative estimate of drug-likeness (QED) is 0.777. The van der Waals surface area contributed by atoms with Crippen LogP contribution in [0.1, 0.15) is 11.3 Å². The minimum atomic E-state index is 0.441. The molecule has 1 N–H and O–H groups in total. The summed E-state index contributed by atoms with van der Waals surface area (Å²) in [6.45, 7) is 0.441. The van der Waals surface area contributed by atoms with Gasteiger partial charge < -0.3 is 5.32 Å². The van der Waals surface area contributed by atoms with Gasteiger partial charge in [-0.2, -0.15) is 5.26 Å². The lowest BCUT2D eigenvalue weighted by molar-refractivity contribution is 0.797. The lowest BCUT2D eigenvalue weighted by atomic mass is 10.3. The van der Waals surface area contributed by atoms with Crippen LogP contribution >= 0.6 is 0 Å². The molecule has 0 saturated carbocycles. The van der Waals surface area contributed by atoms with Crippen LogP contribution in [-0.2, 0) is 6.54 Å². The molecule has 3 heterocycles. The van der Waals surface area contributed by atoms with Crippen molar-refractivity contribution in [3.63, 3.8) is 0 Å². The van der Waals surface area contributed by atoms with E-state index >= 15 is 0 Å². The Morgan fingerprint density at radius 3 is 2.86 bits per heavy atom. The van der Waals surface area contributed by atoms with Crippen LogP contribution in [0.25, 0.3) is 5.69 Å². The van der Waals surface area contributed by atoms with Crippen LogP contribution in [0.2, 0.25) is 0 Å². The van der Waals surface area contributed by atoms with Crippen molar-refractivity contribution in [3.8, 4) is 11.8 Å². The molecule has 0 atom stereocenters. The van der Waals surface area contributed by atoms with Crippen LogP contribution < -0.4 is 5.32 Å². The molecule has 3 aromatic rings. The second kappa shape index (κ2) is 5.79. The second-order valence-corrected chi connectivity index (χ2v) is 4.22. The number of pyridine rings is 2. The third-order valence-electron chi connectivity index (χ3n) is 2.83. The van der Waals surface area contributed by atoms with Crippen molar-refractivity contribution in [2.24, 2.45) is 0 Å². The van der Waals surface area contributed by atoms with E-state index in [9.17, 15) is 0 Å². The summed E-state index contributed by atoms with van der Waals surface area (Å²) in [5.41, 5.74) is 2.14. The van der Waals surface area contributed by atoms with E-state index in [2.05, 4.69) is 31.7 Å². The van der Waals surface area contributed by atoms with Crippen molar-refractivity contribution in [3.05, 3.63) is 60.3 Å². The molecule has 0 unspecified atom stereocenters. The summed E-state index contributed by atoms with van der Waals surface area (Å²) in [4.78, 5) is 8.09. The van der Waals surface area contributed by atoms with E-state index in [0.29, 0.717) is 17.9 Å². The lowest BCUT2D eigenvalue weighted by Crippen LogP contribution is -2.03. The van der Waals surface area contributed by atoms with E-state index < -0.39 is 0 Å². The number of anilines is 1. The van der Waals surface area contributed by atoms with Gasteiger partial charge in [0, 0.05) is 18.6 Å². The van der Waals surface area contributed by atoms with Crippen LogP contribution in [0.3, 0.4) is 0 Å². The molecule has 0 spiro atoms. The highest BCUT2D eigenvalue weighted by atomic mass is 15.4. The second-order valence-electron chi connectivity index (χ2n) is 4.22. The first-order valence-corrected chi connectivity index (χ1v) is 6.27. The molecule has 0 aliphatic rings. The van der Waals surface area contributed by atoms with Gasteiger partial charge in [0.25, 0.3) is 0 Å². The molecule has 3 rings (SSSR count). The van der Waals surface area contributed by atoms with Crippen LogP contribution in [0.4, 0.5) is 5.82 Å². The maximum atomic E-state index is 9.00. The fourth-order valence-corrected chi connectivity index (χ4v) is 1.81. The first-order chi connectivity index (χ1) is 10.4. The number of rotatable bonds is 4. The fraction of sp³-hybridized carbons (Fsp3) is 0.0714. The lowest BCUT2D eigenvalue weighted by Gasteiger charge is -2.03. The molecule has 0 aliphatic heterocycles. The van der Waals surface area contributed by atoms with Crippen LogP contribution in [0.15, 0.2) is 49.1 Å². The predicted octanol–water partition coefficient (Wildman–Crippen LogP) is 1.54. The first-order valence-electron chi connectivity index (χ1n) is 6.27. The van der Waals surface area contributed by atoms with Gasteiger partial charge in [0.2, 0.25) is 0 Å². The molecule has 102 valence electrons. The molecule has 0 aliphatic carbocycles. The zero-order valence-electron chi connectivity index (χ0n) is 11.0. The van der Waals surface area contributed by atoms with Crippen LogP contribution in [-0.4, -0.2) is 25.0 Å². The largest absolute Gasteiger partial charge is 0.363 e. The van der Waals surface area contributed by atoms with Gasteiger partial charge in [0.05, 0.1) is 24.0 Å². The average Bonchev–Trinajstić information content (AvgIpc) is 3.03. The number of nitriles is 1. The molecule has 21 heavy (non-hydrogen) atoms.